The molecule has 1 amide bonds. The van der Waals surface area contributed by atoms with Crippen molar-refractivity contribution in [2.24, 2.45) is 17.8 Å². The summed E-state index contributed by atoms with van der Waals surface area (Å²) < 4.78 is 4.14. The Morgan fingerprint density at radius 3 is 2.48 bits per heavy atom. The lowest BCUT2D eigenvalue weighted by atomic mass is 9.98. The van der Waals surface area contributed by atoms with Gasteiger partial charge < -0.3 is 16.4 Å². The van der Waals surface area contributed by atoms with Crippen LogP contribution >= 0.6 is 11.5 Å². The van der Waals surface area contributed by atoms with E-state index in [1.165, 1.54) is 37.2 Å². The molecule has 2 aliphatic rings. The molecular weight excluding hydrogens is 284 g/mol. The van der Waals surface area contributed by atoms with Gasteiger partial charge in [0.05, 0.1) is 0 Å². The van der Waals surface area contributed by atoms with Gasteiger partial charge in [-0.05, 0) is 68.8 Å². The maximum absolute atomic E-state index is 12.2. The third kappa shape index (κ3) is 3.48. The van der Waals surface area contributed by atoms with Crippen molar-refractivity contribution >= 4 is 28.3 Å². The van der Waals surface area contributed by atoms with Crippen LogP contribution in [0.2, 0.25) is 0 Å². The van der Waals surface area contributed by atoms with Gasteiger partial charge in [-0.1, -0.05) is 0 Å². The van der Waals surface area contributed by atoms with Crippen molar-refractivity contribution in [3.05, 3.63) is 5.56 Å². The van der Waals surface area contributed by atoms with Crippen LogP contribution in [0.3, 0.4) is 0 Å². The summed E-state index contributed by atoms with van der Waals surface area (Å²) in [6.45, 7) is 4.83. The van der Waals surface area contributed by atoms with Gasteiger partial charge in [-0.25, -0.2) is 0 Å². The molecule has 116 valence electrons. The molecule has 21 heavy (non-hydrogen) atoms. The van der Waals surface area contributed by atoms with Crippen LogP contribution in [0.15, 0.2) is 0 Å². The number of aromatic nitrogens is 1. The lowest BCUT2D eigenvalue weighted by molar-refractivity contribution is 0.0945. The summed E-state index contributed by atoms with van der Waals surface area (Å²) in [5.74, 6) is 2.74. The summed E-state index contributed by atoms with van der Waals surface area (Å²) in [7, 11) is 0. The Balaban J connectivity index is 1.66. The summed E-state index contributed by atoms with van der Waals surface area (Å²) in [5, 5.41) is 7.15. The molecule has 1 heterocycles. The van der Waals surface area contributed by atoms with Gasteiger partial charge in [-0.2, -0.15) is 4.37 Å². The first-order chi connectivity index (χ1) is 10.1. The first kappa shape index (κ1) is 14.6. The monoisotopic (exact) mass is 308 g/mol. The van der Waals surface area contributed by atoms with Crippen LogP contribution < -0.4 is 16.4 Å². The van der Waals surface area contributed by atoms with Crippen LogP contribution in [0.1, 0.15) is 49.9 Å². The number of anilines is 2. The number of nitrogen functional groups attached to an aromatic ring is 1. The van der Waals surface area contributed by atoms with Crippen LogP contribution in [0, 0.1) is 17.8 Å². The highest BCUT2D eigenvalue weighted by atomic mass is 32.1. The van der Waals surface area contributed by atoms with Gasteiger partial charge in [0.15, 0.2) is 5.82 Å². The fourth-order valence-corrected chi connectivity index (χ4v) is 3.67. The first-order valence-electron chi connectivity index (χ1n) is 7.86. The second-order valence-electron chi connectivity index (χ2n) is 6.62. The molecule has 1 aromatic rings. The van der Waals surface area contributed by atoms with Gasteiger partial charge in [0.25, 0.3) is 5.91 Å². The Bertz CT molecular complexity index is 508. The lowest BCUT2D eigenvalue weighted by Crippen LogP contribution is -2.31. The smallest absolute Gasteiger partial charge is 0.258 e. The minimum Gasteiger partial charge on any atom is -0.382 e. The number of carbonyl (C=O) groups excluding carboxylic acids is 1. The average Bonchev–Trinajstić information content (AvgIpc) is 3.29. The van der Waals surface area contributed by atoms with Crippen LogP contribution in [0.25, 0.3) is 0 Å². The Labute approximate surface area is 129 Å². The number of nitrogens with one attached hydrogen (secondary N) is 2. The van der Waals surface area contributed by atoms with Gasteiger partial charge in [-0.3, -0.25) is 4.79 Å². The number of rotatable bonds is 7. The molecule has 0 atom stereocenters. The van der Waals surface area contributed by atoms with Crippen molar-refractivity contribution in [2.75, 3.05) is 17.6 Å². The second kappa shape index (κ2) is 5.83. The van der Waals surface area contributed by atoms with E-state index in [0.29, 0.717) is 11.4 Å². The van der Waals surface area contributed by atoms with Gasteiger partial charge in [0.2, 0.25) is 0 Å². The molecule has 1 aromatic heterocycles. The van der Waals surface area contributed by atoms with E-state index in [1.54, 1.807) is 0 Å². The maximum Gasteiger partial charge on any atom is 0.258 e. The van der Waals surface area contributed by atoms with E-state index in [0.717, 1.165) is 29.3 Å². The molecule has 2 aliphatic carbocycles. The van der Waals surface area contributed by atoms with Gasteiger partial charge in [0, 0.05) is 12.6 Å². The molecule has 0 bridgehead atoms. The van der Waals surface area contributed by atoms with Crippen molar-refractivity contribution in [1.82, 2.24) is 9.69 Å². The number of hydrogen-bond acceptors (Lipinski definition) is 5. The van der Waals surface area contributed by atoms with E-state index in [-0.39, 0.29) is 11.9 Å². The predicted octanol–water partition coefficient (Wildman–Crippen LogP) is 2.71. The van der Waals surface area contributed by atoms with Crippen LogP contribution in [0.5, 0.6) is 0 Å². The summed E-state index contributed by atoms with van der Waals surface area (Å²) >= 11 is 1.29. The van der Waals surface area contributed by atoms with E-state index in [9.17, 15) is 4.79 Å². The van der Waals surface area contributed by atoms with E-state index in [4.69, 9.17) is 5.73 Å². The lowest BCUT2D eigenvalue weighted by Gasteiger charge is -2.17. The number of hydrogen-bond donors (Lipinski definition) is 3. The molecule has 0 aliphatic heterocycles. The van der Waals surface area contributed by atoms with Crippen molar-refractivity contribution < 1.29 is 4.79 Å². The predicted molar refractivity (Wildman–Crippen MR) is 86.6 cm³/mol. The standard InChI is InChI=1S/C15H24N4OS/c1-8(2)18-14(20)12-13(16)19-21-15(12)17-7-11(9-3-4-9)10-5-6-10/h8-11,17H,3-7H2,1-2H3,(H2,16,19)(H,18,20). The highest BCUT2D eigenvalue weighted by Gasteiger charge is 2.41. The van der Waals surface area contributed by atoms with E-state index in [1.807, 2.05) is 13.8 Å². The van der Waals surface area contributed by atoms with Gasteiger partial charge in [0.1, 0.15) is 10.6 Å². The second-order valence-corrected chi connectivity index (χ2v) is 7.39. The van der Waals surface area contributed by atoms with Crippen LogP contribution in [-0.4, -0.2) is 22.9 Å². The third-order valence-corrected chi connectivity index (χ3v) is 5.14. The first-order valence-corrected chi connectivity index (χ1v) is 8.63. The minimum atomic E-state index is -0.131. The molecule has 2 saturated carbocycles. The van der Waals surface area contributed by atoms with Crippen molar-refractivity contribution in [2.45, 2.75) is 45.6 Å². The van der Waals surface area contributed by atoms with Crippen LogP contribution in [-0.2, 0) is 0 Å². The average molecular weight is 308 g/mol. The quantitative estimate of drug-likeness (QED) is 0.723. The molecule has 0 unspecified atom stereocenters. The fraction of sp³-hybridized carbons (Fsp3) is 0.733. The van der Waals surface area contributed by atoms with Crippen LogP contribution in [0.4, 0.5) is 10.8 Å². The molecule has 5 nitrogen and oxygen atoms in total. The number of nitrogens with two attached hydrogens (primary N) is 1. The highest BCUT2D eigenvalue weighted by molar-refractivity contribution is 7.11. The SMILES string of the molecule is CC(C)NC(=O)c1c(N)nsc1NCC(C1CC1)C1CC1. The Hall–Kier alpha value is -1.30. The largest absolute Gasteiger partial charge is 0.382 e. The molecule has 0 saturated heterocycles. The summed E-state index contributed by atoms with van der Waals surface area (Å²) in [6, 6.07) is 0.0929. The molecule has 4 N–H and O–H groups in total. The zero-order chi connectivity index (χ0) is 15.0. The molecule has 6 heteroatoms. The van der Waals surface area contributed by atoms with E-state index < -0.39 is 0 Å². The molecule has 3 rings (SSSR count). The fourth-order valence-electron chi connectivity index (χ4n) is 2.95. The molecule has 0 spiro atoms. The van der Waals surface area contributed by atoms with Crippen molar-refractivity contribution in [3.63, 3.8) is 0 Å². The number of amides is 1. The summed E-state index contributed by atoms with van der Waals surface area (Å²) in [4.78, 5) is 12.2. The Morgan fingerprint density at radius 2 is 1.95 bits per heavy atom. The van der Waals surface area contributed by atoms with Gasteiger partial charge in [-0.15, -0.1) is 0 Å². The maximum atomic E-state index is 12.2. The molecule has 0 radical (unpaired) electrons. The van der Waals surface area contributed by atoms with Crippen molar-refractivity contribution in [1.29, 1.82) is 0 Å². The number of nitrogens with zero attached hydrogens (tertiary/aromatic N) is 1. The topological polar surface area (TPSA) is 80.0 Å². The zero-order valence-electron chi connectivity index (χ0n) is 12.7. The molecular formula is C15H24N4OS. The normalized spacial score (nSPS) is 18.3. The zero-order valence-corrected chi connectivity index (χ0v) is 13.5. The third-order valence-electron chi connectivity index (χ3n) is 4.32. The Morgan fingerprint density at radius 1 is 1.33 bits per heavy atom. The Kier molecular flexibility index (Phi) is 4.06. The molecule has 0 aromatic carbocycles. The highest BCUT2D eigenvalue weighted by Crippen LogP contribution is 2.49. The summed E-state index contributed by atoms with van der Waals surface area (Å²) in [6.07, 6.45) is 5.48. The van der Waals surface area contributed by atoms with E-state index >= 15 is 0 Å². The van der Waals surface area contributed by atoms with Crippen molar-refractivity contribution in [3.8, 4) is 0 Å². The van der Waals surface area contributed by atoms with Gasteiger partial charge >= 0.3 is 0 Å². The summed E-state index contributed by atoms with van der Waals surface area (Å²) in [5.41, 5.74) is 6.38. The number of carbonyl (C=O) groups is 1. The molecule has 2 fully saturated rings. The van der Waals surface area contributed by atoms with E-state index in [2.05, 4.69) is 15.0 Å². The minimum absolute atomic E-state index is 0.0929.